The van der Waals surface area contributed by atoms with Gasteiger partial charge >= 0.3 is 0 Å². The van der Waals surface area contributed by atoms with E-state index in [0.29, 0.717) is 24.1 Å². The van der Waals surface area contributed by atoms with Crippen molar-refractivity contribution in [3.8, 4) is 17.0 Å². The summed E-state index contributed by atoms with van der Waals surface area (Å²) < 4.78 is 12.7. The number of rotatable bonds is 3. The lowest BCUT2D eigenvalue weighted by atomic mass is 10.1. The lowest BCUT2D eigenvalue weighted by Crippen LogP contribution is -2.37. The van der Waals surface area contributed by atoms with Crippen LogP contribution < -0.4 is 9.64 Å². The molecule has 130 valence electrons. The number of imidazole rings is 1. The number of halogens is 1. The molecule has 0 bridgehead atoms. The highest BCUT2D eigenvalue weighted by Crippen LogP contribution is 2.33. The molecule has 25 heavy (non-hydrogen) atoms. The largest absolute Gasteiger partial charge is 0.497 e. The normalized spacial score (nSPS) is 14.9. The van der Waals surface area contributed by atoms with Crippen LogP contribution >= 0.6 is 11.6 Å². The number of ether oxygens (including phenoxy) is 2. The van der Waals surface area contributed by atoms with Crippen LogP contribution in [0.15, 0.2) is 30.5 Å². The zero-order chi connectivity index (χ0) is 17.4. The second-order valence-corrected chi connectivity index (χ2v) is 6.34. The Bertz CT molecular complexity index is 919. The highest BCUT2D eigenvalue weighted by Gasteiger charge is 2.22. The molecule has 0 radical (unpaired) electrons. The van der Waals surface area contributed by atoms with Crippen LogP contribution in [-0.2, 0) is 4.74 Å². The summed E-state index contributed by atoms with van der Waals surface area (Å²) in [5.41, 5.74) is 3.30. The summed E-state index contributed by atoms with van der Waals surface area (Å²) in [5.74, 6) is 1.60. The van der Waals surface area contributed by atoms with E-state index in [0.717, 1.165) is 41.6 Å². The van der Waals surface area contributed by atoms with Crippen molar-refractivity contribution < 1.29 is 9.47 Å². The smallest absolute Gasteiger partial charge is 0.181 e. The average molecular weight is 359 g/mol. The maximum atomic E-state index is 6.67. The molecule has 2 aromatic heterocycles. The maximum Gasteiger partial charge on any atom is 0.181 e. The first kappa shape index (κ1) is 16.2. The Kier molecular flexibility index (Phi) is 4.23. The van der Waals surface area contributed by atoms with Crippen molar-refractivity contribution in [2.45, 2.75) is 6.92 Å². The third kappa shape index (κ3) is 2.92. The number of morpholine rings is 1. The zero-order valence-electron chi connectivity index (χ0n) is 14.2. The van der Waals surface area contributed by atoms with Gasteiger partial charge in [0, 0.05) is 24.8 Å². The van der Waals surface area contributed by atoms with E-state index >= 15 is 0 Å². The predicted molar refractivity (Wildman–Crippen MR) is 97.8 cm³/mol. The van der Waals surface area contributed by atoms with Crippen molar-refractivity contribution in [1.82, 2.24) is 14.4 Å². The van der Waals surface area contributed by atoms with Crippen molar-refractivity contribution in [3.63, 3.8) is 0 Å². The molecule has 7 heteroatoms. The number of hydrogen-bond acceptors (Lipinski definition) is 5. The van der Waals surface area contributed by atoms with Gasteiger partial charge < -0.3 is 14.4 Å². The van der Waals surface area contributed by atoms with Crippen LogP contribution in [0, 0.1) is 6.92 Å². The van der Waals surface area contributed by atoms with Gasteiger partial charge in [-0.05, 0) is 19.1 Å². The first-order chi connectivity index (χ1) is 12.2. The van der Waals surface area contributed by atoms with Crippen LogP contribution in [0.2, 0.25) is 5.15 Å². The van der Waals surface area contributed by atoms with Gasteiger partial charge in [-0.15, -0.1) is 0 Å². The van der Waals surface area contributed by atoms with Gasteiger partial charge in [0.1, 0.15) is 16.6 Å². The number of fused-ring (bicyclic) bond motifs is 1. The van der Waals surface area contributed by atoms with Crippen molar-refractivity contribution in [3.05, 3.63) is 41.3 Å². The molecule has 1 aliphatic rings. The Morgan fingerprint density at radius 3 is 2.76 bits per heavy atom. The molecule has 3 aromatic rings. The minimum Gasteiger partial charge on any atom is -0.497 e. The molecule has 1 saturated heterocycles. The summed E-state index contributed by atoms with van der Waals surface area (Å²) in [4.78, 5) is 11.7. The zero-order valence-corrected chi connectivity index (χ0v) is 15.0. The van der Waals surface area contributed by atoms with E-state index in [1.165, 1.54) is 0 Å². The third-order valence-corrected chi connectivity index (χ3v) is 4.67. The molecule has 0 atom stereocenters. The minimum absolute atomic E-state index is 0.542. The van der Waals surface area contributed by atoms with Crippen LogP contribution in [-0.4, -0.2) is 47.8 Å². The minimum atomic E-state index is 0.542. The van der Waals surface area contributed by atoms with Crippen molar-refractivity contribution in [2.24, 2.45) is 0 Å². The summed E-state index contributed by atoms with van der Waals surface area (Å²) in [6.45, 7) is 4.90. The van der Waals surface area contributed by atoms with Gasteiger partial charge in [-0.3, -0.25) is 4.40 Å². The quantitative estimate of drug-likeness (QED) is 0.719. The number of aryl methyl sites for hydroxylation is 1. The second-order valence-electron chi connectivity index (χ2n) is 5.98. The van der Waals surface area contributed by atoms with Gasteiger partial charge in [0.2, 0.25) is 0 Å². The van der Waals surface area contributed by atoms with Gasteiger partial charge in [-0.1, -0.05) is 23.7 Å². The molecule has 4 rings (SSSR count). The van der Waals surface area contributed by atoms with E-state index in [2.05, 4.69) is 9.88 Å². The van der Waals surface area contributed by atoms with Gasteiger partial charge in [0.15, 0.2) is 11.5 Å². The number of anilines is 1. The molecule has 0 unspecified atom stereocenters. The molecular formula is C18H19ClN4O2. The molecular weight excluding hydrogens is 340 g/mol. The Morgan fingerprint density at radius 2 is 2.00 bits per heavy atom. The molecule has 3 heterocycles. The summed E-state index contributed by atoms with van der Waals surface area (Å²) in [7, 11) is 1.65. The highest BCUT2D eigenvalue weighted by atomic mass is 35.5. The van der Waals surface area contributed by atoms with Gasteiger partial charge in [0.25, 0.3) is 0 Å². The summed E-state index contributed by atoms with van der Waals surface area (Å²) in [6, 6.07) is 7.76. The van der Waals surface area contributed by atoms with E-state index in [1.54, 1.807) is 7.11 Å². The van der Waals surface area contributed by atoms with E-state index in [1.807, 2.05) is 41.8 Å². The van der Waals surface area contributed by atoms with E-state index in [4.69, 9.17) is 26.1 Å². The molecule has 0 N–H and O–H groups in total. The number of benzene rings is 1. The second kappa shape index (κ2) is 6.54. The molecule has 0 aliphatic carbocycles. The maximum absolute atomic E-state index is 6.67. The van der Waals surface area contributed by atoms with Crippen molar-refractivity contribution >= 4 is 23.1 Å². The lowest BCUT2D eigenvalue weighted by Gasteiger charge is -2.28. The molecule has 6 nitrogen and oxygen atoms in total. The van der Waals surface area contributed by atoms with Crippen LogP contribution in [0.25, 0.3) is 16.9 Å². The van der Waals surface area contributed by atoms with Crippen molar-refractivity contribution in [1.29, 1.82) is 0 Å². The molecule has 1 fully saturated rings. The fourth-order valence-corrected chi connectivity index (χ4v) is 3.34. The van der Waals surface area contributed by atoms with Crippen LogP contribution in [0.5, 0.6) is 5.75 Å². The van der Waals surface area contributed by atoms with Crippen LogP contribution in [0.1, 0.15) is 5.69 Å². The molecule has 0 amide bonds. The van der Waals surface area contributed by atoms with Gasteiger partial charge in [0.05, 0.1) is 26.0 Å². The van der Waals surface area contributed by atoms with Crippen LogP contribution in [0.3, 0.4) is 0 Å². The first-order valence-corrected chi connectivity index (χ1v) is 8.57. The summed E-state index contributed by atoms with van der Waals surface area (Å²) >= 11 is 6.67. The average Bonchev–Trinajstić information content (AvgIpc) is 3.05. The number of methoxy groups -OCH3 is 1. The Morgan fingerprint density at radius 1 is 1.20 bits per heavy atom. The lowest BCUT2D eigenvalue weighted by molar-refractivity contribution is 0.122. The van der Waals surface area contributed by atoms with E-state index in [-0.39, 0.29) is 0 Å². The Balaban J connectivity index is 1.93. The number of hydrogen-bond donors (Lipinski definition) is 0. The fraction of sp³-hybridized carbons (Fsp3) is 0.333. The molecule has 1 aromatic carbocycles. The molecule has 0 saturated carbocycles. The SMILES string of the molecule is COc1cccc(-c2nc(N3CCOCC3)c3nc(C)cn3c2Cl)c1. The van der Waals surface area contributed by atoms with Crippen molar-refractivity contribution in [2.75, 3.05) is 38.3 Å². The summed E-state index contributed by atoms with van der Waals surface area (Å²) in [6.07, 6.45) is 1.94. The van der Waals surface area contributed by atoms with Gasteiger partial charge in [-0.25, -0.2) is 9.97 Å². The topological polar surface area (TPSA) is 51.9 Å². The molecule has 0 spiro atoms. The van der Waals surface area contributed by atoms with Gasteiger partial charge in [-0.2, -0.15) is 0 Å². The Hall–Kier alpha value is -2.31. The Labute approximate surface area is 151 Å². The van der Waals surface area contributed by atoms with Crippen LogP contribution in [0.4, 0.5) is 5.82 Å². The molecule has 1 aliphatic heterocycles. The third-order valence-electron chi connectivity index (χ3n) is 4.30. The predicted octanol–water partition coefficient (Wildman–Crippen LogP) is 3.20. The van der Waals surface area contributed by atoms with E-state index in [9.17, 15) is 0 Å². The standard InChI is InChI=1S/C18H19ClN4O2/c1-12-11-23-16(19)15(13-4-3-5-14(10-13)24-2)21-17(18(23)20-12)22-6-8-25-9-7-22/h3-5,10-11H,6-9H2,1-2H3. The highest BCUT2D eigenvalue weighted by molar-refractivity contribution is 6.32. The summed E-state index contributed by atoms with van der Waals surface area (Å²) in [5, 5.41) is 0.542. The first-order valence-electron chi connectivity index (χ1n) is 8.19. The number of aromatic nitrogens is 3. The van der Waals surface area contributed by atoms with E-state index < -0.39 is 0 Å². The number of nitrogens with zero attached hydrogens (tertiary/aromatic N) is 4. The monoisotopic (exact) mass is 358 g/mol. The fourth-order valence-electron chi connectivity index (χ4n) is 3.06.